The molecule has 0 fully saturated rings. The molecule has 3 aromatic rings. The number of fused-ring (bicyclic) bond motifs is 1. The molecule has 0 aliphatic carbocycles. The molecule has 166 valence electrons. The molecular formula is C25H26N2O4S. The normalized spacial score (nSPS) is 13.3. The maximum Gasteiger partial charge on any atom is 0.264 e. The number of sulfonamides is 1. The lowest BCUT2D eigenvalue weighted by atomic mass is 10.0. The number of carbonyl (C=O) groups excluding carboxylic acids is 1. The molecule has 1 heterocycles. The van der Waals surface area contributed by atoms with E-state index in [0.29, 0.717) is 36.5 Å². The SMILES string of the molecule is COc1ccc(S(=O)(=O)N2CCCc3ccc(NC(=O)CCc4ccccc4)cc32)cc1. The van der Waals surface area contributed by atoms with E-state index >= 15 is 0 Å². The van der Waals surface area contributed by atoms with E-state index in [0.717, 1.165) is 24.0 Å². The van der Waals surface area contributed by atoms with Crippen molar-refractivity contribution in [1.82, 2.24) is 0 Å². The summed E-state index contributed by atoms with van der Waals surface area (Å²) in [5, 5.41) is 2.91. The lowest BCUT2D eigenvalue weighted by Gasteiger charge is -2.31. The monoisotopic (exact) mass is 450 g/mol. The predicted molar refractivity (Wildman–Crippen MR) is 126 cm³/mol. The number of hydrogen-bond donors (Lipinski definition) is 1. The summed E-state index contributed by atoms with van der Waals surface area (Å²) in [5.74, 6) is 0.498. The highest BCUT2D eigenvalue weighted by Crippen LogP contribution is 2.34. The molecule has 3 aromatic carbocycles. The second-order valence-corrected chi connectivity index (χ2v) is 9.60. The van der Waals surface area contributed by atoms with Crippen LogP contribution in [0.25, 0.3) is 0 Å². The van der Waals surface area contributed by atoms with Crippen LogP contribution in [0.2, 0.25) is 0 Å². The number of amides is 1. The summed E-state index contributed by atoms with van der Waals surface area (Å²) < 4.78 is 33.3. The van der Waals surface area contributed by atoms with Gasteiger partial charge in [0.15, 0.2) is 0 Å². The quantitative estimate of drug-likeness (QED) is 0.579. The average Bonchev–Trinajstić information content (AvgIpc) is 2.83. The third-order valence-electron chi connectivity index (χ3n) is 5.58. The summed E-state index contributed by atoms with van der Waals surface area (Å²) in [4.78, 5) is 12.7. The fourth-order valence-electron chi connectivity index (χ4n) is 3.87. The third kappa shape index (κ3) is 4.78. The van der Waals surface area contributed by atoms with E-state index in [1.165, 1.54) is 4.31 Å². The van der Waals surface area contributed by atoms with Crippen LogP contribution in [0.3, 0.4) is 0 Å². The van der Waals surface area contributed by atoms with E-state index in [2.05, 4.69) is 5.32 Å². The van der Waals surface area contributed by atoms with Gasteiger partial charge >= 0.3 is 0 Å². The minimum absolute atomic E-state index is 0.103. The molecule has 0 saturated heterocycles. The molecule has 0 aromatic heterocycles. The zero-order chi connectivity index (χ0) is 22.6. The third-order valence-corrected chi connectivity index (χ3v) is 7.40. The number of ether oxygens (including phenoxy) is 1. The van der Waals surface area contributed by atoms with Crippen LogP contribution in [-0.2, 0) is 27.7 Å². The zero-order valence-electron chi connectivity index (χ0n) is 18.0. The first kappa shape index (κ1) is 21.9. The van der Waals surface area contributed by atoms with E-state index in [1.54, 1.807) is 37.4 Å². The Morgan fingerprint density at radius 1 is 1.03 bits per heavy atom. The minimum atomic E-state index is -3.73. The number of nitrogens with zero attached hydrogens (tertiary/aromatic N) is 1. The molecule has 1 amide bonds. The summed E-state index contributed by atoms with van der Waals surface area (Å²) >= 11 is 0. The van der Waals surface area contributed by atoms with Crippen LogP contribution < -0.4 is 14.4 Å². The molecule has 1 aliphatic rings. The Morgan fingerprint density at radius 3 is 2.50 bits per heavy atom. The van der Waals surface area contributed by atoms with Crippen molar-refractivity contribution in [2.24, 2.45) is 0 Å². The molecule has 4 rings (SSSR count). The lowest BCUT2D eigenvalue weighted by Crippen LogP contribution is -2.35. The van der Waals surface area contributed by atoms with Crippen molar-refractivity contribution in [2.75, 3.05) is 23.3 Å². The number of carbonyl (C=O) groups is 1. The van der Waals surface area contributed by atoms with Gasteiger partial charge in [-0.15, -0.1) is 0 Å². The van der Waals surface area contributed by atoms with Gasteiger partial charge < -0.3 is 10.1 Å². The summed E-state index contributed by atoms with van der Waals surface area (Å²) in [6, 6.07) is 21.7. The van der Waals surface area contributed by atoms with Crippen molar-refractivity contribution in [2.45, 2.75) is 30.6 Å². The fourth-order valence-corrected chi connectivity index (χ4v) is 5.40. The summed E-state index contributed by atoms with van der Waals surface area (Å²) in [6.45, 7) is 0.396. The highest BCUT2D eigenvalue weighted by molar-refractivity contribution is 7.92. The molecule has 32 heavy (non-hydrogen) atoms. The molecule has 0 spiro atoms. The van der Waals surface area contributed by atoms with Crippen LogP contribution in [0.1, 0.15) is 24.0 Å². The summed E-state index contributed by atoms with van der Waals surface area (Å²) in [6.07, 6.45) is 2.54. The van der Waals surface area contributed by atoms with Crippen LogP contribution in [0.5, 0.6) is 5.75 Å². The molecule has 1 aliphatic heterocycles. The van der Waals surface area contributed by atoms with E-state index in [-0.39, 0.29) is 10.8 Å². The summed E-state index contributed by atoms with van der Waals surface area (Å²) in [7, 11) is -2.19. The van der Waals surface area contributed by atoms with Crippen molar-refractivity contribution < 1.29 is 17.9 Å². The van der Waals surface area contributed by atoms with Gasteiger partial charge in [0.2, 0.25) is 5.91 Å². The van der Waals surface area contributed by atoms with Gasteiger partial charge in [0.05, 0.1) is 17.7 Å². The molecule has 7 heteroatoms. The summed E-state index contributed by atoms with van der Waals surface area (Å²) in [5.41, 5.74) is 3.27. The Balaban J connectivity index is 1.53. The standard InChI is InChI=1S/C25H26N2O4S/c1-31-22-12-14-23(15-13-22)32(29,30)27-17-5-8-20-10-11-21(18-24(20)27)26-25(28)16-9-19-6-3-2-4-7-19/h2-4,6-7,10-15,18H,5,8-9,16-17H2,1H3,(H,26,28). The van der Waals surface area contributed by atoms with Gasteiger partial charge in [-0.3, -0.25) is 9.10 Å². The predicted octanol–water partition coefficient (Wildman–Crippen LogP) is 4.41. The smallest absolute Gasteiger partial charge is 0.264 e. The van der Waals surface area contributed by atoms with Gasteiger partial charge in [-0.1, -0.05) is 36.4 Å². The first-order valence-electron chi connectivity index (χ1n) is 10.6. The van der Waals surface area contributed by atoms with Crippen LogP contribution in [0.4, 0.5) is 11.4 Å². The average molecular weight is 451 g/mol. The second kappa shape index (κ2) is 9.44. The highest BCUT2D eigenvalue weighted by Gasteiger charge is 2.29. The Kier molecular flexibility index (Phi) is 6.46. The molecule has 0 saturated carbocycles. The van der Waals surface area contributed by atoms with Crippen LogP contribution >= 0.6 is 0 Å². The van der Waals surface area contributed by atoms with Gasteiger partial charge in [-0.05, 0) is 66.8 Å². The fraction of sp³-hybridized carbons (Fsp3) is 0.240. The number of methoxy groups -OCH3 is 1. The molecule has 0 radical (unpaired) electrons. The van der Waals surface area contributed by atoms with E-state index in [9.17, 15) is 13.2 Å². The second-order valence-electron chi connectivity index (χ2n) is 7.73. The Hall–Kier alpha value is -3.32. The zero-order valence-corrected chi connectivity index (χ0v) is 18.8. The molecular weight excluding hydrogens is 424 g/mol. The molecule has 0 atom stereocenters. The maximum absolute atomic E-state index is 13.3. The molecule has 0 unspecified atom stereocenters. The van der Waals surface area contributed by atoms with Crippen molar-refractivity contribution in [3.05, 3.63) is 83.9 Å². The number of hydrogen-bond acceptors (Lipinski definition) is 4. The Bertz CT molecular complexity index is 1190. The first-order valence-corrected chi connectivity index (χ1v) is 12.0. The van der Waals surface area contributed by atoms with E-state index in [1.807, 2.05) is 42.5 Å². The highest BCUT2D eigenvalue weighted by atomic mass is 32.2. The van der Waals surface area contributed by atoms with Gasteiger partial charge in [-0.25, -0.2) is 8.42 Å². The van der Waals surface area contributed by atoms with Crippen LogP contribution in [-0.4, -0.2) is 28.0 Å². The largest absolute Gasteiger partial charge is 0.497 e. The maximum atomic E-state index is 13.3. The van der Waals surface area contributed by atoms with Gasteiger partial charge in [0, 0.05) is 18.7 Å². The first-order chi connectivity index (χ1) is 15.5. The molecule has 6 nitrogen and oxygen atoms in total. The van der Waals surface area contributed by atoms with Crippen molar-refractivity contribution in [3.8, 4) is 5.75 Å². The van der Waals surface area contributed by atoms with Crippen LogP contribution in [0.15, 0.2) is 77.7 Å². The van der Waals surface area contributed by atoms with Crippen molar-refractivity contribution >= 4 is 27.3 Å². The van der Waals surface area contributed by atoms with E-state index in [4.69, 9.17) is 4.74 Å². The Morgan fingerprint density at radius 2 is 1.78 bits per heavy atom. The van der Waals surface area contributed by atoms with Gasteiger partial charge in [0.25, 0.3) is 10.0 Å². The minimum Gasteiger partial charge on any atom is -0.497 e. The van der Waals surface area contributed by atoms with Crippen molar-refractivity contribution in [1.29, 1.82) is 0 Å². The van der Waals surface area contributed by atoms with Gasteiger partial charge in [0.1, 0.15) is 5.75 Å². The number of nitrogens with one attached hydrogen (secondary N) is 1. The molecule has 0 bridgehead atoms. The number of rotatable bonds is 7. The van der Waals surface area contributed by atoms with Gasteiger partial charge in [-0.2, -0.15) is 0 Å². The number of anilines is 2. The molecule has 1 N–H and O–H groups in total. The number of aryl methyl sites for hydroxylation is 2. The Labute approximate surface area is 188 Å². The number of benzene rings is 3. The van der Waals surface area contributed by atoms with Crippen LogP contribution in [0, 0.1) is 0 Å². The van der Waals surface area contributed by atoms with Crippen molar-refractivity contribution in [3.63, 3.8) is 0 Å². The van der Waals surface area contributed by atoms with E-state index < -0.39 is 10.0 Å². The lowest BCUT2D eigenvalue weighted by molar-refractivity contribution is -0.116. The topological polar surface area (TPSA) is 75.7 Å².